The third-order valence-electron chi connectivity index (χ3n) is 7.11. The number of hydrogen-bond donors (Lipinski definition) is 0. The molecule has 0 unspecified atom stereocenters. The van der Waals surface area contributed by atoms with E-state index in [1.165, 1.54) is 10.6 Å². The van der Waals surface area contributed by atoms with Crippen molar-refractivity contribution in [3.8, 4) is 11.5 Å². The molecule has 0 aromatic heterocycles. The van der Waals surface area contributed by atoms with Gasteiger partial charge in [0.2, 0.25) is 28.6 Å². The smallest absolute Gasteiger partial charge is 0.231 e. The molecule has 3 aliphatic heterocycles. The number of hydrogen-bond acceptors (Lipinski definition) is 6. The average molecular weight is 464 g/mol. The van der Waals surface area contributed by atoms with Crippen LogP contribution in [0.25, 0.3) is 0 Å². The monoisotopic (exact) mass is 463 g/mol. The predicted octanol–water partition coefficient (Wildman–Crippen LogP) is 0.861. The van der Waals surface area contributed by atoms with Crippen molar-refractivity contribution >= 4 is 21.8 Å². The molecule has 4 aliphatic rings. The maximum Gasteiger partial charge on any atom is 0.231 e. The molecule has 174 valence electrons. The Morgan fingerprint density at radius 1 is 0.906 bits per heavy atom. The van der Waals surface area contributed by atoms with Gasteiger partial charge in [-0.25, -0.2) is 12.7 Å². The highest BCUT2D eigenvalue weighted by molar-refractivity contribution is 7.88. The van der Waals surface area contributed by atoms with Gasteiger partial charge in [-0.05, 0) is 42.9 Å². The van der Waals surface area contributed by atoms with E-state index in [1.54, 1.807) is 0 Å². The van der Waals surface area contributed by atoms with Gasteiger partial charge >= 0.3 is 0 Å². The largest absolute Gasteiger partial charge is 0.454 e. The molecule has 2 saturated heterocycles. The Balaban J connectivity index is 1.10. The zero-order valence-corrected chi connectivity index (χ0v) is 19.1. The SMILES string of the molecule is CS(=O)(=O)N1CCC(C(=O)N2CCN(C(=O)[C@H]3C[C@@H]3c3ccc4c(c3)OCO4)CC2)CC1. The second-order valence-corrected chi connectivity index (χ2v) is 11.1. The summed E-state index contributed by atoms with van der Waals surface area (Å²) in [5, 5.41) is 0. The van der Waals surface area contributed by atoms with Gasteiger partial charge in [0.05, 0.1) is 6.26 Å². The van der Waals surface area contributed by atoms with Gasteiger partial charge in [0.1, 0.15) is 0 Å². The number of amides is 2. The molecule has 0 bridgehead atoms. The lowest BCUT2D eigenvalue weighted by Gasteiger charge is -2.38. The Morgan fingerprint density at radius 3 is 2.19 bits per heavy atom. The van der Waals surface area contributed by atoms with E-state index in [2.05, 4.69) is 0 Å². The van der Waals surface area contributed by atoms with Gasteiger partial charge in [0.25, 0.3) is 0 Å². The molecule has 10 heteroatoms. The zero-order chi connectivity index (χ0) is 22.5. The number of benzene rings is 1. The average Bonchev–Trinajstić information content (AvgIpc) is 3.46. The zero-order valence-electron chi connectivity index (χ0n) is 18.2. The van der Waals surface area contributed by atoms with Crippen molar-refractivity contribution < 1.29 is 27.5 Å². The van der Waals surface area contributed by atoms with Crippen LogP contribution in [0.4, 0.5) is 0 Å². The van der Waals surface area contributed by atoms with Crippen LogP contribution in [0.3, 0.4) is 0 Å². The number of ether oxygens (including phenoxy) is 2. The van der Waals surface area contributed by atoms with Crippen molar-refractivity contribution in [3.05, 3.63) is 23.8 Å². The van der Waals surface area contributed by atoms with Crippen LogP contribution < -0.4 is 9.47 Å². The number of carbonyl (C=O) groups is 2. The van der Waals surface area contributed by atoms with Gasteiger partial charge < -0.3 is 19.3 Å². The Kier molecular flexibility index (Phi) is 5.53. The molecule has 3 fully saturated rings. The standard InChI is InChI=1S/C22H29N3O6S/c1-32(28,29)25-6-4-15(5-7-25)21(26)23-8-10-24(11-9-23)22(27)18-13-17(18)16-2-3-19-20(12-16)31-14-30-19/h2-3,12,15,17-18H,4-11,13-14H2,1H3/t17-,18+/m1/s1. The van der Waals surface area contributed by atoms with E-state index >= 15 is 0 Å². The highest BCUT2D eigenvalue weighted by Crippen LogP contribution is 2.50. The minimum Gasteiger partial charge on any atom is -0.454 e. The van der Waals surface area contributed by atoms with Crippen molar-refractivity contribution in [3.63, 3.8) is 0 Å². The Hall–Kier alpha value is -2.33. The van der Waals surface area contributed by atoms with Gasteiger partial charge in [0.15, 0.2) is 11.5 Å². The molecule has 1 saturated carbocycles. The van der Waals surface area contributed by atoms with Crippen LogP contribution in [0, 0.1) is 11.8 Å². The number of sulfonamides is 1. The van der Waals surface area contributed by atoms with Crippen LogP contribution in [0.15, 0.2) is 18.2 Å². The maximum absolute atomic E-state index is 13.0. The predicted molar refractivity (Wildman–Crippen MR) is 116 cm³/mol. The van der Waals surface area contributed by atoms with Crippen LogP contribution in [0.1, 0.15) is 30.7 Å². The van der Waals surface area contributed by atoms with Gasteiger partial charge in [-0.2, -0.15) is 0 Å². The summed E-state index contributed by atoms with van der Waals surface area (Å²) in [7, 11) is -3.20. The number of fused-ring (bicyclic) bond motifs is 1. The molecule has 9 nitrogen and oxygen atoms in total. The molecule has 0 N–H and O–H groups in total. The molecule has 32 heavy (non-hydrogen) atoms. The number of nitrogens with zero attached hydrogens (tertiary/aromatic N) is 3. The molecule has 1 aliphatic carbocycles. The molecule has 0 radical (unpaired) electrons. The van der Waals surface area contributed by atoms with E-state index in [1.807, 2.05) is 28.0 Å². The number of piperidine rings is 1. The number of piperazine rings is 1. The molecule has 1 aromatic rings. The number of carbonyl (C=O) groups excluding carboxylic acids is 2. The van der Waals surface area contributed by atoms with Gasteiger partial charge in [-0.15, -0.1) is 0 Å². The topological polar surface area (TPSA) is 96.5 Å². The molecular weight excluding hydrogens is 434 g/mol. The third-order valence-corrected chi connectivity index (χ3v) is 8.41. The lowest BCUT2D eigenvalue weighted by Crippen LogP contribution is -2.53. The molecule has 3 heterocycles. The summed E-state index contributed by atoms with van der Waals surface area (Å²) in [4.78, 5) is 29.6. The second kappa shape index (κ2) is 8.22. The van der Waals surface area contributed by atoms with Crippen LogP contribution >= 0.6 is 0 Å². The lowest BCUT2D eigenvalue weighted by molar-refractivity contribution is -0.143. The Morgan fingerprint density at radius 2 is 1.53 bits per heavy atom. The van der Waals surface area contributed by atoms with Crippen LogP contribution in [-0.4, -0.2) is 86.7 Å². The summed E-state index contributed by atoms with van der Waals surface area (Å²) in [6, 6.07) is 5.89. The fraction of sp³-hybridized carbons (Fsp3) is 0.636. The summed E-state index contributed by atoms with van der Waals surface area (Å²) in [5.74, 6) is 1.84. The summed E-state index contributed by atoms with van der Waals surface area (Å²) in [6.07, 6.45) is 3.17. The fourth-order valence-electron chi connectivity index (χ4n) is 5.05. The molecular formula is C22H29N3O6S. The van der Waals surface area contributed by atoms with Crippen molar-refractivity contribution in [2.45, 2.75) is 25.2 Å². The van der Waals surface area contributed by atoms with Crippen LogP contribution in [0.5, 0.6) is 11.5 Å². The van der Waals surface area contributed by atoms with E-state index in [9.17, 15) is 18.0 Å². The maximum atomic E-state index is 13.0. The van der Waals surface area contributed by atoms with Crippen molar-refractivity contribution in [1.82, 2.24) is 14.1 Å². The second-order valence-electron chi connectivity index (χ2n) is 9.15. The summed E-state index contributed by atoms with van der Waals surface area (Å²) in [5.41, 5.74) is 1.11. The van der Waals surface area contributed by atoms with Crippen molar-refractivity contribution in [1.29, 1.82) is 0 Å². The number of rotatable bonds is 4. The van der Waals surface area contributed by atoms with E-state index in [-0.39, 0.29) is 36.4 Å². The third kappa shape index (κ3) is 4.17. The van der Waals surface area contributed by atoms with E-state index in [4.69, 9.17) is 9.47 Å². The Bertz CT molecular complexity index is 1010. The van der Waals surface area contributed by atoms with Gasteiger partial charge in [-0.3, -0.25) is 9.59 Å². The van der Waals surface area contributed by atoms with Crippen molar-refractivity contribution in [2.75, 3.05) is 52.3 Å². The molecule has 0 spiro atoms. The first-order valence-corrected chi connectivity index (χ1v) is 13.1. The highest BCUT2D eigenvalue weighted by Gasteiger charge is 2.46. The van der Waals surface area contributed by atoms with E-state index < -0.39 is 10.0 Å². The van der Waals surface area contributed by atoms with Gasteiger partial charge in [0, 0.05) is 51.1 Å². The first-order chi connectivity index (χ1) is 15.3. The highest BCUT2D eigenvalue weighted by atomic mass is 32.2. The summed E-state index contributed by atoms with van der Waals surface area (Å²) in [6.45, 7) is 3.23. The fourth-order valence-corrected chi connectivity index (χ4v) is 5.93. The molecule has 2 atom stereocenters. The molecule has 1 aromatic carbocycles. The van der Waals surface area contributed by atoms with Crippen molar-refractivity contribution in [2.24, 2.45) is 11.8 Å². The molecule has 2 amide bonds. The minimum atomic E-state index is -3.20. The first kappa shape index (κ1) is 21.5. The van der Waals surface area contributed by atoms with Crippen LogP contribution in [0.2, 0.25) is 0 Å². The van der Waals surface area contributed by atoms with Crippen LogP contribution in [-0.2, 0) is 19.6 Å². The normalized spacial score (nSPS) is 26.3. The van der Waals surface area contributed by atoms with Gasteiger partial charge in [-0.1, -0.05) is 6.07 Å². The minimum absolute atomic E-state index is 0.00190. The lowest BCUT2D eigenvalue weighted by atomic mass is 9.96. The Labute approximate surface area is 188 Å². The summed E-state index contributed by atoms with van der Waals surface area (Å²) >= 11 is 0. The molecule has 5 rings (SSSR count). The van der Waals surface area contributed by atoms with E-state index in [0.717, 1.165) is 23.5 Å². The van der Waals surface area contributed by atoms with E-state index in [0.29, 0.717) is 52.1 Å². The summed E-state index contributed by atoms with van der Waals surface area (Å²) < 4.78 is 35.6. The quantitative estimate of drug-likeness (QED) is 0.657. The first-order valence-electron chi connectivity index (χ1n) is 11.2.